The lowest BCUT2D eigenvalue weighted by Gasteiger charge is -2.33. The average Bonchev–Trinajstić information content (AvgIpc) is 2.35. The van der Waals surface area contributed by atoms with Crippen molar-refractivity contribution in [2.24, 2.45) is 5.92 Å². The molecule has 19 heavy (non-hydrogen) atoms. The molecule has 1 aliphatic heterocycles. The summed E-state index contributed by atoms with van der Waals surface area (Å²) in [6.45, 7) is 4.08. The molecule has 0 radical (unpaired) electrons. The molecule has 4 heteroatoms. The van der Waals surface area contributed by atoms with Crippen LogP contribution < -0.4 is 5.73 Å². The van der Waals surface area contributed by atoms with Crippen LogP contribution in [0.1, 0.15) is 18.4 Å². The highest BCUT2D eigenvalue weighted by molar-refractivity contribution is 5.46. The molecule has 0 atom stereocenters. The van der Waals surface area contributed by atoms with Crippen molar-refractivity contribution in [3.63, 3.8) is 0 Å². The number of anilines is 1. The van der Waals surface area contributed by atoms with E-state index in [4.69, 9.17) is 5.73 Å². The first-order chi connectivity index (χ1) is 9.04. The van der Waals surface area contributed by atoms with Crippen molar-refractivity contribution < 1.29 is 4.39 Å². The highest BCUT2D eigenvalue weighted by Gasteiger charge is 2.20. The molecule has 0 aromatic heterocycles. The van der Waals surface area contributed by atoms with Gasteiger partial charge in [0.1, 0.15) is 5.82 Å². The third kappa shape index (κ3) is 4.18. The molecule has 0 saturated carbocycles. The maximum absolute atomic E-state index is 13.2. The summed E-state index contributed by atoms with van der Waals surface area (Å²) in [6, 6.07) is 4.63. The van der Waals surface area contributed by atoms with Gasteiger partial charge in [-0.2, -0.15) is 0 Å². The molecule has 2 rings (SSSR count). The van der Waals surface area contributed by atoms with E-state index in [0.29, 0.717) is 5.69 Å². The second kappa shape index (κ2) is 6.35. The Morgan fingerprint density at radius 2 is 2.00 bits per heavy atom. The number of halogens is 1. The average molecular weight is 265 g/mol. The molecule has 3 nitrogen and oxygen atoms in total. The fraction of sp³-hybridized carbons (Fsp3) is 0.600. The number of nitrogen functional groups attached to an aromatic ring is 1. The molecule has 2 N–H and O–H groups in total. The van der Waals surface area contributed by atoms with Gasteiger partial charge in [0, 0.05) is 18.8 Å². The Labute approximate surface area is 115 Å². The Hall–Kier alpha value is -1.13. The largest absolute Gasteiger partial charge is 0.398 e. The third-order valence-corrected chi connectivity index (χ3v) is 3.83. The Balaban J connectivity index is 1.87. The molecular formula is C15H24FN3. The SMILES string of the molecule is CN(C)CC1CCN(Cc2cc(F)ccc2N)CC1. The van der Waals surface area contributed by atoms with Crippen LogP contribution in [-0.4, -0.2) is 43.5 Å². The smallest absolute Gasteiger partial charge is 0.123 e. The molecule has 1 saturated heterocycles. The van der Waals surface area contributed by atoms with Crippen LogP contribution in [0, 0.1) is 11.7 Å². The molecule has 1 aromatic carbocycles. The summed E-state index contributed by atoms with van der Waals surface area (Å²) in [5, 5.41) is 0. The molecule has 1 aromatic rings. The summed E-state index contributed by atoms with van der Waals surface area (Å²) in [4.78, 5) is 4.63. The van der Waals surface area contributed by atoms with Gasteiger partial charge in [0.2, 0.25) is 0 Å². The predicted octanol–water partition coefficient (Wildman–Crippen LogP) is 2.18. The highest BCUT2D eigenvalue weighted by Crippen LogP contribution is 2.22. The summed E-state index contributed by atoms with van der Waals surface area (Å²) in [6.07, 6.45) is 2.43. The Morgan fingerprint density at radius 3 is 2.63 bits per heavy atom. The monoisotopic (exact) mass is 265 g/mol. The van der Waals surface area contributed by atoms with Crippen molar-refractivity contribution in [3.8, 4) is 0 Å². The number of hydrogen-bond acceptors (Lipinski definition) is 3. The van der Waals surface area contributed by atoms with Crippen LogP contribution in [0.25, 0.3) is 0 Å². The lowest BCUT2D eigenvalue weighted by molar-refractivity contribution is 0.157. The van der Waals surface area contributed by atoms with E-state index in [2.05, 4.69) is 23.9 Å². The van der Waals surface area contributed by atoms with Crippen LogP contribution >= 0.6 is 0 Å². The minimum Gasteiger partial charge on any atom is -0.398 e. The van der Waals surface area contributed by atoms with Crippen LogP contribution in [0.4, 0.5) is 10.1 Å². The van der Waals surface area contributed by atoms with Crippen LogP contribution in [0.5, 0.6) is 0 Å². The van der Waals surface area contributed by atoms with E-state index < -0.39 is 0 Å². The second-order valence-corrected chi connectivity index (χ2v) is 5.82. The molecule has 0 amide bonds. The zero-order valence-electron chi connectivity index (χ0n) is 11.9. The van der Waals surface area contributed by atoms with Crippen LogP contribution in [0.15, 0.2) is 18.2 Å². The second-order valence-electron chi connectivity index (χ2n) is 5.82. The van der Waals surface area contributed by atoms with Gasteiger partial charge in [0.25, 0.3) is 0 Å². The fourth-order valence-corrected chi connectivity index (χ4v) is 2.80. The minimum absolute atomic E-state index is 0.202. The standard InChI is InChI=1S/C15H24FN3/c1-18(2)10-12-5-7-19(8-6-12)11-13-9-14(16)3-4-15(13)17/h3-4,9,12H,5-8,10-11,17H2,1-2H3. The lowest BCUT2D eigenvalue weighted by Crippen LogP contribution is -2.36. The summed E-state index contributed by atoms with van der Waals surface area (Å²) >= 11 is 0. The number of nitrogens with zero attached hydrogens (tertiary/aromatic N) is 2. The van der Waals surface area contributed by atoms with Gasteiger partial charge in [-0.3, -0.25) is 4.90 Å². The first-order valence-corrected chi connectivity index (χ1v) is 6.95. The van der Waals surface area contributed by atoms with E-state index in [1.807, 2.05) is 0 Å². The molecule has 1 heterocycles. The van der Waals surface area contributed by atoms with Gasteiger partial charge in [-0.1, -0.05) is 0 Å². The zero-order valence-corrected chi connectivity index (χ0v) is 11.9. The Kier molecular flexibility index (Phi) is 4.77. The molecule has 0 unspecified atom stereocenters. The van der Waals surface area contributed by atoms with E-state index in [1.54, 1.807) is 12.1 Å². The van der Waals surface area contributed by atoms with Gasteiger partial charge in [-0.05, 0) is 69.7 Å². The Morgan fingerprint density at radius 1 is 1.32 bits per heavy atom. The van der Waals surface area contributed by atoms with Gasteiger partial charge < -0.3 is 10.6 Å². The molecule has 0 spiro atoms. The van der Waals surface area contributed by atoms with Gasteiger partial charge in [0.15, 0.2) is 0 Å². The van der Waals surface area contributed by atoms with Crippen molar-refractivity contribution in [1.29, 1.82) is 0 Å². The Bertz CT molecular complexity index is 412. The maximum Gasteiger partial charge on any atom is 0.123 e. The first kappa shape index (κ1) is 14.3. The number of nitrogens with two attached hydrogens (primary N) is 1. The predicted molar refractivity (Wildman–Crippen MR) is 77.4 cm³/mol. The summed E-state index contributed by atoms with van der Waals surface area (Å²) in [5.41, 5.74) is 7.50. The fourth-order valence-electron chi connectivity index (χ4n) is 2.80. The van der Waals surface area contributed by atoms with E-state index in [1.165, 1.54) is 18.9 Å². The molecule has 1 fully saturated rings. The topological polar surface area (TPSA) is 32.5 Å². The molecular weight excluding hydrogens is 241 g/mol. The van der Waals surface area contributed by atoms with Crippen LogP contribution in [0.2, 0.25) is 0 Å². The van der Waals surface area contributed by atoms with Crippen molar-refractivity contribution in [2.75, 3.05) is 39.5 Å². The molecule has 106 valence electrons. The lowest BCUT2D eigenvalue weighted by atomic mass is 9.96. The van der Waals surface area contributed by atoms with Crippen molar-refractivity contribution in [3.05, 3.63) is 29.6 Å². The zero-order chi connectivity index (χ0) is 13.8. The number of likely N-dealkylation sites (tertiary alicyclic amines) is 1. The number of hydrogen-bond donors (Lipinski definition) is 1. The molecule has 0 bridgehead atoms. The number of benzene rings is 1. The van der Waals surface area contributed by atoms with Crippen molar-refractivity contribution in [1.82, 2.24) is 9.80 Å². The minimum atomic E-state index is -0.202. The van der Waals surface area contributed by atoms with E-state index >= 15 is 0 Å². The van der Waals surface area contributed by atoms with Crippen molar-refractivity contribution >= 4 is 5.69 Å². The summed E-state index contributed by atoms with van der Waals surface area (Å²) in [7, 11) is 4.25. The maximum atomic E-state index is 13.2. The van der Waals surface area contributed by atoms with E-state index in [9.17, 15) is 4.39 Å². The van der Waals surface area contributed by atoms with Crippen LogP contribution in [-0.2, 0) is 6.54 Å². The quantitative estimate of drug-likeness (QED) is 0.847. The first-order valence-electron chi connectivity index (χ1n) is 6.95. The van der Waals surface area contributed by atoms with Crippen LogP contribution in [0.3, 0.4) is 0 Å². The molecule has 0 aliphatic carbocycles. The third-order valence-electron chi connectivity index (χ3n) is 3.83. The number of piperidine rings is 1. The highest BCUT2D eigenvalue weighted by atomic mass is 19.1. The van der Waals surface area contributed by atoms with Gasteiger partial charge in [0.05, 0.1) is 0 Å². The summed E-state index contributed by atoms with van der Waals surface area (Å²) in [5.74, 6) is 0.586. The molecule has 1 aliphatic rings. The van der Waals surface area contributed by atoms with Gasteiger partial charge >= 0.3 is 0 Å². The number of rotatable bonds is 4. The van der Waals surface area contributed by atoms with Crippen molar-refractivity contribution in [2.45, 2.75) is 19.4 Å². The van der Waals surface area contributed by atoms with Gasteiger partial charge in [-0.15, -0.1) is 0 Å². The summed E-state index contributed by atoms with van der Waals surface area (Å²) < 4.78 is 13.2. The van der Waals surface area contributed by atoms with Gasteiger partial charge in [-0.25, -0.2) is 4.39 Å². The van der Waals surface area contributed by atoms with E-state index in [-0.39, 0.29) is 5.82 Å². The normalized spacial score (nSPS) is 18.1. The van der Waals surface area contributed by atoms with E-state index in [0.717, 1.165) is 37.7 Å².